The van der Waals surface area contributed by atoms with Gasteiger partial charge < -0.3 is 5.32 Å². The monoisotopic (exact) mass is 224 g/mol. The molecule has 1 aliphatic rings. The molecule has 0 atom stereocenters. The van der Waals surface area contributed by atoms with E-state index < -0.39 is 0 Å². The van der Waals surface area contributed by atoms with Gasteiger partial charge in [-0.15, -0.1) is 6.58 Å². The maximum absolute atomic E-state index is 3.69. The van der Waals surface area contributed by atoms with E-state index in [0.29, 0.717) is 0 Å². The zero-order valence-electron chi connectivity index (χ0n) is 10.2. The molecule has 0 amide bonds. The largest absolute Gasteiger partial charge is 0.382 e. The third kappa shape index (κ3) is 3.10. The maximum atomic E-state index is 3.69. The van der Waals surface area contributed by atoms with Gasteiger partial charge in [0.2, 0.25) is 0 Å². The Balaban J connectivity index is 2.12. The van der Waals surface area contributed by atoms with Crippen LogP contribution in [-0.2, 0) is 0 Å². The van der Waals surface area contributed by atoms with Crippen molar-refractivity contribution >= 4 is 11.3 Å². The van der Waals surface area contributed by atoms with E-state index in [0.717, 1.165) is 18.7 Å². The van der Waals surface area contributed by atoms with Crippen LogP contribution in [0.3, 0.4) is 0 Å². The van der Waals surface area contributed by atoms with Crippen molar-refractivity contribution in [3.63, 3.8) is 0 Å². The van der Waals surface area contributed by atoms with E-state index in [1.165, 1.54) is 16.7 Å². The molecule has 1 aromatic carbocycles. The summed E-state index contributed by atoms with van der Waals surface area (Å²) in [5.74, 6) is 0. The van der Waals surface area contributed by atoms with Crippen LogP contribution in [0.1, 0.15) is 18.9 Å². The predicted octanol–water partition coefficient (Wildman–Crippen LogP) is 4.22. The lowest BCUT2D eigenvalue weighted by Gasteiger charge is -2.12. The first-order valence-corrected chi connectivity index (χ1v) is 5.96. The fourth-order valence-corrected chi connectivity index (χ4v) is 1.91. The summed E-state index contributed by atoms with van der Waals surface area (Å²) in [6.45, 7) is 6.64. The first kappa shape index (κ1) is 11.7. The Hall–Kier alpha value is -1.76. The van der Waals surface area contributed by atoms with E-state index in [9.17, 15) is 0 Å². The lowest BCUT2D eigenvalue weighted by Crippen LogP contribution is -1.98. The first-order valence-electron chi connectivity index (χ1n) is 5.96. The number of hydrogen-bond donors (Lipinski definition) is 1. The fourth-order valence-electron chi connectivity index (χ4n) is 1.91. The van der Waals surface area contributed by atoms with Crippen LogP contribution in [0.25, 0.3) is 5.57 Å². The van der Waals surface area contributed by atoms with Crippen LogP contribution in [0, 0.1) is 6.42 Å². The van der Waals surface area contributed by atoms with E-state index in [-0.39, 0.29) is 0 Å². The highest BCUT2D eigenvalue weighted by molar-refractivity contribution is 5.76. The second-order valence-electron chi connectivity index (χ2n) is 4.23. The van der Waals surface area contributed by atoms with Crippen molar-refractivity contribution in [2.45, 2.75) is 13.3 Å². The molecule has 0 aromatic heterocycles. The van der Waals surface area contributed by atoms with Crippen molar-refractivity contribution in [2.75, 3.05) is 11.9 Å². The molecule has 0 heterocycles. The Labute approximate surface area is 104 Å². The third-order valence-corrected chi connectivity index (χ3v) is 2.83. The molecule has 0 aliphatic heterocycles. The molecule has 1 radical (unpaired) electrons. The van der Waals surface area contributed by atoms with Crippen molar-refractivity contribution in [1.82, 2.24) is 0 Å². The highest BCUT2D eigenvalue weighted by atomic mass is 14.8. The summed E-state index contributed by atoms with van der Waals surface area (Å²) in [7, 11) is 0. The standard InChI is InChI=1S/C16H18N/c1-3-11-17-16-9-7-14(8-10-16)15-6-4-5-13(2)12-15/h3,5-10,12,17H,1,4,11H2,2H3. The molecule has 2 rings (SSSR count). The predicted molar refractivity (Wildman–Crippen MR) is 75.8 cm³/mol. The molecule has 1 N–H and O–H groups in total. The Bertz CT molecular complexity index is 449. The smallest absolute Gasteiger partial charge is 0.0343 e. The average Bonchev–Trinajstić information content (AvgIpc) is 2.37. The van der Waals surface area contributed by atoms with Crippen molar-refractivity contribution in [3.8, 4) is 0 Å². The van der Waals surface area contributed by atoms with E-state index in [2.05, 4.69) is 61.7 Å². The molecular weight excluding hydrogens is 206 g/mol. The van der Waals surface area contributed by atoms with Gasteiger partial charge in [0.15, 0.2) is 0 Å². The van der Waals surface area contributed by atoms with Crippen molar-refractivity contribution < 1.29 is 0 Å². The third-order valence-electron chi connectivity index (χ3n) is 2.83. The minimum absolute atomic E-state index is 0.802. The van der Waals surface area contributed by atoms with Crippen LogP contribution in [0.4, 0.5) is 5.69 Å². The Morgan fingerprint density at radius 2 is 2.06 bits per heavy atom. The highest BCUT2D eigenvalue weighted by Crippen LogP contribution is 2.26. The lowest BCUT2D eigenvalue weighted by molar-refractivity contribution is 1.22. The molecule has 0 saturated carbocycles. The van der Waals surface area contributed by atoms with Gasteiger partial charge in [0, 0.05) is 12.2 Å². The molecule has 0 spiro atoms. The fraction of sp³-hybridized carbons (Fsp3) is 0.188. The maximum Gasteiger partial charge on any atom is 0.0343 e. The van der Waals surface area contributed by atoms with Gasteiger partial charge in [-0.3, -0.25) is 0 Å². The lowest BCUT2D eigenvalue weighted by atomic mass is 9.94. The van der Waals surface area contributed by atoms with E-state index in [1.807, 2.05) is 6.08 Å². The van der Waals surface area contributed by atoms with Gasteiger partial charge in [-0.05, 0) is 43.0 Å². The molecule has 1 heteroatoms. The molecule has 1 aromatic rings. The highest BCUT2D eigenvalue weighted by Gasteiger charge is 2.05. The van der Waals surface area contributed by atoms with Gasteiger partial charge in [0.25, 0.3) is 0 Å². The van der Waals surface area contributed by atoms with Crippen LogP contribution < -0.4 is 5.32 Å². The molecule has 1 nitrogen and oxygen atoms in total. The average molecular weight is 224 g/mol. The van der Waals surface area contributed by atoms with Gasteiger partial charge >= 0.3 is 0 Å². The number of rotatable bonds is 4. The van der Waals surface area contributed by atoms with Crippen molar-refractivity contribution in [2.24, 2.45) is 0 Å². The Kier molecular flexibility index (Phi) is 3.81. The number of allylic oxidation sites excluding steroid dienone is 4. The van der Waals surface area contributed by atoms with Gasteiger partial charge in [-0.2, -0.15) is 0 Å². The summed E-state index contributed by atoms with van der Waals surface area (Å²) in [5, 5.41) is 3.27. The van der Waals surface area contributed by atoms with Crippen LogP contribution in [0.2, 0.25) is 0 Å². The zero-order chi connectivity index (χ0) is 12.1. The molecule has 0 saturated heterocycles. The summed E-state index contributed by atoms with van der Waals surface area (Å²) in [4.78, 5) is 0. The number of nitrogens with one attached hydrogen (secondary N) is 1. The molecule has 87 valence electrons. The number of hydrogen-bond acceptors (Lipinski definition) is 1. The van der Waals surface area contributed by atoms with Gasteiger partial charge in [0.1, 0.15) is 0 Å². The van der Waals surface area contributed by atoms with Crippen LogP contribution in [-0.4, -0.2) is 6.54 Å². The summed E-state index contributed by atoms with van der Waals surface area (Å²) in [6.07, 6.45) is 9.63. The van der Waals surface area contributed by atoms with E-state index in [4.69, 9.17) is 0 Å². The Morgan fingerprint density at radius 3 is 2.71 bits per heavy atom. The van der Waals surface area contributed by atoms with Crippen molar-refractivity contribution in [3.05, 3.63) is 66.6 Å². The SMILES string of the molecule is C=CCNc1ccc(C2=CC(C)=CC[CH]2)cc1. The van der Waals surface area contributed by atoms with Gasteiger partial charge in [-0.1, -0.05) is 35.9 Å². The number of benzene rings is 1. The van der Waals surface area contributed by atoms with Gasteiger partial charge in [0.05, 0.1) is 0 Å². The quantitative estimate of drug-likeness (QED) is 0.755. The number of anilines is 1. The van der Waals surface area contributed by atoms with Gasteiger partial charge in [-0.25, -0.2) is 0 Å². The molecule has 0 fully saturated rings. The minimum Gasteiger partial charge on any atom is -0.382 e. The van der Waals surface area contributed by atoms with E-state index >= 15 is 0 Å². The van der Waals surface area contributed by atoms with Crippen LogP contribution in [0.15, 0.2) is 54.6 Å². The molecule has 0 bridgehead atoms. The molecule has 1 aliphatic carbocycles. The summed E-state index contributed by atoms with van der Waals surface area (Å²) in [6, 6.07) is 8.54. The zero-order valence-corrected chi connectivity index (χ0v) is 10.2. The summed E-state index contributed by atoms with van der Waals surface area (Å²) < 4.78 is 0. The summed E-state index contributed by atoms with van der Waals surface area (Å²) >= 11 is 0. The molecular formula is C16H18N. The Morgan fingerprint density at radius 1 is 1.29 bits per heavy atom. The van der Waals surface area contributed by atoms with Crippen LogP contribution in [0.5, 0.6) is 0 Å². The normalized spacial score (nSPS) is 14.9. The first-order chi connectivity index (χ1) is 8.29. The molecule has 17 heavy (non-hydrogen) atoms. The van der Waals surface area contributed by atoms with Crippen LogP contribution >= 0.6 is 0 Å². The topological polar surface area (TPSA) is 12.0 Å². The summed E-state index contributed by atoms with van der Waals surface area (Å²) in [5.41, 5.74) is 5.08. The second-order valence-corrected chi connectivity index (χ2v) is 4.23. The minimum atomic E-state index is 0.802. The van der Waals surface area contributed by atoms with Crippen molar-refractivity contribution in [1.29, 1.82) is 0 Å². The molecule has 0 unspecified atom stereocenters. The second kappa shape index (κ2) is 5.53. The van der Waals surface area contributed by atoms with E-state index in [1.54, 1.807) is 0 Å².